The van der Waals surface area contributed by atoms with Crippen LogP contribution in [0.25, 0.3) is 5.65 Å². The summed E-state index contributed by atoms with van der Waals surface area (Å²) in [5.74, 6) is 1.79. The summed E-state index contributed by atoms with van der Waals surface area (Å²) in [7, 11) is 0. The number of rotatable bonds is 7. The Bertz CT molecular complexity index is 1870. The molecule has 0 saturated carbocycles. The number of aromatic nitrogens is 2. The van der Waals surface area contributed by atoms with E-state index in [1.165, 1.54) is 27.1 Å². The Kier molecular flexibility index (Phi) is 6.67. The fourth-order valence-corrected chi connectivity index (χ4v) is 5.90. The van der Waals surface area contributed by atoms with Gasteiger partial charge in [-0.1, -0.05) is 36.0 Å². The minimum atomic E-state index is -0.711. The summed E-state index contributed by atoms with van der Waals surface area (Å²) in [5, 5.41) is 3.36. The van der Waals surface area contributed by atoms with Gasteiger partial charge in [-0.05, 0) is 48.4 Å². The van der Waals surface area contributed by atoms with Gasteiger partial charge in [0.2, 0.25) is 12.7 Å². The van der Waals surface area contributed by atoms with E-state index < -0.39 is 6.04 Å². The van der Waals surface area contributed by atoms with E-state index in [4.69, 9.17) is 19.5 Å². The van der Waals surface area contributed by atoms with E-state index in [9.17, 15) is 14.4 Å². The number of para-hydroxylation sites is 1. The Morgan fingerprint density at radius 1 is 1.02 bits per heavy atom. The molecule has 2 amide bonds. The van der Waals surface area contributed by atoms with Crippen LogP contribution in [0.2, 0.25) is 0 Å². The normalized spacial score (nSPS) is 16.6. The number of hydrogen-bond donors (Lipinski definition) is 1. The number of amides is 2. The lowest BCUT2D eigenvalue weighted by Crippen LogP contribution is -2.41. The van der Waals surface area contributed by atoms with Crippen LogP contribution in [0.5, 0.6) is 11.5 Å². The number of ether oxygens (including phenoxy) is 2. The third-order valence-corrected chi connectivity index (χ3v) is 8.06. The van der Waals surface area contributed by atoms with Crippen molar-refractivity contribution in [3.8, 4) is 11.5 Å². The van der Waals surface area contributed by atoms with Gasteiger partial charge < -0.3 is 14.8 Å². The minimum Gasteiger partial charge on any atom is -0.454 e. The zero-order valence-electron chi connectivity index (χ0n) is 22.2. The monoisotopic (exact) mass is 580 g/mol. The van der Waals surface area contributed by atoms with Crippen molar-refractivity contribution in [2.45, 2.75) is 31.2 Å². The molecule has 0 radical (unpaired) electrons. The highest BCUT2D eigenvalue weighted by Crippen LogP contribution is 2.35. The van der Waals surface area contributed by atoms with Gasteiger partial charge in [-0.3, -0.25) is 23.8 Å². The summed E-state index contributed by atoms with van der Waals surface area (Å²) in [6, 6.07) is 19.2. The first kappa shape index (κ1) is 26.0. The first-order valence-corrected chi connectivity index (χ1v) is 14.4. The van der Waals surface area contributed by atoms with Crippen molar-refractivity contribution in [2.24, 2.45) is 9.98 Å². The lowest BCUT2D eigenvalue weighted by molar-refractivity contribution is -0.125. The number of thioether (sulfide) groups is 1. The molecule has 3 aliphatic heterocycles. The number of nitrogens with zero attached hydrogens (tertiary/aromatic N) is 5. The predicted octanol–water partition coefficient (Wildman–Crippen LogP) is 3.41. The maximum absolute atomic E-state index is 13.6. The van der Waals surface area contributed by atoms with E-state index in [0.717, 1.165) is 11.1 Å². The van der Waals surface area contributed by atoms with Gasteiger partial charge in [-0.25, -0.2) is 14.9 Å². The molecule has 1 N–H and O–H groups in total. The summed E-state index contributed by atoms with van der Waals surface area (Å²) in [6.45, 7) is 0.526. The van der Waals surface area contributed by atoms with Crippen LogP contribution in [0.3, 0.4) is 0 Å². The topological polar surface area (TPSA) is 127 Å². The molecule has 7 rings (SSSR count). The summed E-state index contributed by atoms with van der Waals surface area (Å²) in [5.41, 5.74) is 3.30. The van der Waals surface area contributed by atoms with E-state index in [0.29, 0.717) is 51.8 Å². The molecule has 0 bridgehead atoms. The van der Waals surface area contributed by atoms with Gasteiger partial charge in [0, 0.05) is 36.5 Å². The van der Waals surface area contributed by atoms with Crippen LogP contribution in [0.1, 0.15) is 29.7 Å². The van der Waals surface area contributed by atoms with E-state index >= 15 is 0 Å². The molecule has 2 aromatic heterocycles. The zero-order valence-corrected chi connectivity index (χ0v) is 23.0. The molecule has 2 aromatic carbocycles. The molecule has 210 valence electrons. The fourth-order valence-electron chi connectivity index (χ4n) is 5.01. The second-order valence-corrected chi connectivity index (χ2v) is 10.8. The molecule has 4 aromatic rings. The number of hydrogen-bond acceptors (Lipinski definition) is 9. The number of carbonyl (C=O) groups excluding carboxylic acids is 2. The molecule has 3 aliphatic rings. The van der Waals surface area contributed by atoms with Gasteiger partial charge in [0.15, 0.2) is 16.7 Å². The number of carbonyl (C=O) groups is 2. The SMILES string of the molecule is O=C(CCC1N=C2c3ccccc3N=C(SCc3cc(=O)n4ccccc4n3)N2C1=O)NCc1ccc2c(c1)OCO2. The summed E-state index contributed by atoms with van der Waals surface area (Å²) < 4.78 is 12.2. The molecule has 0 aliphatic carbocycles. The third kappa shape index (κ3) is 4.90. The standard InChI is InChI=1S/C30H24N6O5S/c37-26(31-15-18-8-10-23-24(13-18)41-17-40-23)11-9-22-29(39)36-28(33-22)20-5-1-2-6-21(20)34-30(36)42-16-19-14-27(38)35-12-4-3-7-25(35)32-19/h1-8,10,12-14,22H,9,11,15-17H2,(H,31,37). The summed E-state index contributed by atoms with van der Waals surface area (Å²) in [4.78, 5) is 54.4. The van der Waals surface area contributed by atoms with Crippen molar-refractivity contribution in [3.63, 3.8) is 0 Å². The summed E-state index contributed by atoms with van der Waals surface area (Å²) >= 11 is 1.32. The Morgan fingerprint density at radius 2 is 1.88 bits per heavy atom. The first-order valence-electron chi connectivity index (χ1n) is 13.4. The first-order chi connectivity index (χ1) is 20.5. The van der Waals surface area contributed by atoms with Crippen LogP contribution in [-0.2, 0) is 21.9 Å². The molecule has 0 fully saturated rings. The quantitative estimate of drug-likeness (QED) is 0.355. The van der Waals surface area contributed by atoms with Crippen LogP contribution in [0.4, 0.5) is 5.69 Å². The van der Waals surface area contributed by atoms with Gasteiger partial charge >= 0.3 is 0 Å². The Morgan fingerprint density at radius 3 is 2.81 bits per heavy atom. The highest BCUT2D eigenvalue weighted by Gasteiger charge is 2.41. The highest BCUT2D eigenvalue weighted by molar-refractivity contribution is 8.13. The van der Waals surface area contributed by atoms with Crippen molar-refractivity contribution in [1.29, 1.82) is 0 Å². The summed E-state index contributed by atoms with van der Waals surface area (Å²) in [6.07, 6.45) is 2.07. The van der Waals surface area contributed by atoms with Crippen molar-refractivity contribution in [2.75, 3.05) is 6.79 Å². The number of amidine groups is 2. The second-order valence-electron chi connectivity index (χ2n) is 9.86. The number of aliphatic imine (C=N–C) groups is 2. The number of pyridine rings is 1. The predicted molar refractivity (Wildman–Crippen MR) is 157 cm³/mol. The van der Waals surface area contributed by atoms with Crippen molar-refractivity contribution in [3.05, 3.63) is 100 Å². The molecule has 0 saturated heterocycles. The molecule has 11 nitrogen and oxygen atoms in total. The third-order valence-electron chi connectivity index (χ3n) is 7.09. The maximum atomic E-state index is 13.6. The molecular weight excluding hydrogens is 556 g/mol. The Hall–Kier alpha value is -4.97. The minimum absolute atomic E-state index is 0.137. The average molecular weight is 581 g/mol. The molecule has 12 heteroatoms. The zero-order chi connectivity index (χ0) is 28.6. The molecule has 1 unspecified atom stereocenters. The average Bonchev–Trinajstić information content (AvgIpc) is 3.62. The van der Waals surface area contributed by atoms with Gasteiger partial charge in [-0.2, -0.15) is 0 Å². The number of benzene rings is 2. The maximum Gasteiger partial charge on any atom is 0.259 e. The lowest BCUT2D eigenvalue weighted by atomic mass is 10.1. The van der Waals surface area contributed by atoms with Crippen LogP contribution in [0, 0.1) is 0 Å². The van der Waals surface area contributed by atoms with Crippen LogP contribution < -0.4 is 20.3 Å². The molecule has 1 atom stereocenters. The molecular formula is C30H24N6O5S. The Labute approximate surface area is 243 Å². The lowest BCUT2D eigenvalue weighted by Gasteiger charge is -2.25. The van der Waals surface area contributed by atoms with Gasteiger partial charge in [0.1, 0.15) is 17.5 Å². The second kappa shape index (κ2) is 10.8. The molecule has 42 heavy (non-hydrogen) atoms. The number of nitrogens with one attached hydrogen (secondary N) is 1. The fraction of sp³-hybridized carbons (Fsp3) is 0.200. The van der Waals surface area contributed by atoms with Crippen molar-refractivity contribution < 1.29 is 19.1 Å². The smallest absolute Gasteiger partial charge is 0.259 e. The van der Waals surface area contributed by atoms with Crippen molar-refractivity contribution >= 4 is 45.9 Å². The van der Waals surface area contributed by atoms with Gasteiger partial charge in [0.25, 0.3) is 11.5 Å². The van der Waals surface area contributed by atoms with Crippen LogP contribution in [0.15, 0.2) is 87.7 Å². The Balaban J connectivity index is 1.04. The number of fused-ring (bicyclic) bond motifs is 5. The van der Waals surface area contributed by atoms with Gasteiger partial charge in [-0.15, -0.1) is 0 Å². The van der Waals surface area contributed by atoms with Gasteiger partial charge in [0.05, 0.1) is 11.4 Å². The van der Waals surface area contributed by atoms with Crippen LogP contribution >= 0.6 is 11.8 Å². The van der Waals surface area contributed by atoms with E-state index in [-0.39, 0.29) is 37.0 Å². The van der Waals surface area contributed by atoms with Crippen LogP contribution in [-0.4, -0.2) is 49.9 Å². The van der Waals surface area contributed by atoms with E-state index in [1.54, 1.807) is 18.3 Å². The highest BCUT2D eigenvalue weighted by atomic mass is 32.2. The molecule has 0 spiro atoms. The van der Waals surface area contributed by atoms with Crippen molar-refractivity contribution in [1.82, 2.24) is 19.6 Å². The molecule has 5 heterocycles. The van der Waals surface area contributed by atoms with E-state index in [2.05, 4.69) is 10.3 Å². The van der Waals surface area contributed by atoms with E-state index in [1.807, 2.05) is 48.5 Å². The largest absolute Gasteiger partial charge is 0.454 e.